The highest BCUT2D eigenvalue weighted by atomic mass is 16.1. The van der Waals surface area contributed by atoms with Gasteiger partial charge in [-0.05, 0) is 42.9 Å². The Morgan fingerprint density at radius 2 is 2.32 bits per heavy atom. The molecule has 4 N–H and O–H groups in total. The number of benzene rings is 1. The summed E-state index contributed by atoms with van der Waals surface area (Å²) < 4.78 is 0. The fourth-order valence-electron chi connectivity index (χ4n) is 2.51. The van der Waals surface area contributed by atoms with Crippen molar-refractivity contribution in [1.29, 1.82) is 0 Å². The van der Waals surface area contributed by atoms with Crippen LogP contribution in [0.3, 0.4) is 0 Å². The number of rotatable bonds is 4. The summed E-state index contributed by atoms with van der Waals surface area (Å²) in [4.78, 5) is 15.3. The van der Waals surface area contributed by atoms with E-state index in [2.05, 4.69) is 17.2 Å². The minimum absolute atomic E-state index is 0.0106. The van der Waals surface area contributed by atoms with E-state index in [1.807, 2.05) is 18.2 Å². The number of aromatic nitrogens is 1. The van der Waals surface area contributed by atoms with E-state index < -0.39 is 0 Å². The van der Waals surface area contributed by atoms with Crippen molar-refractivity contribution in [3.8, 4) is 0 Å². The van der Waals surface area contributed by atoms with Gasteiger partial charge < -0.3 is 16.0 Å². The lowest BCUT2D eigenvalue weighted by Gasteiger charge is -2.10. The van der Waals surface area contributed by atoms with Gasteiger partial charge in [0, 0.05) is 29.3 Å². The highest BCUT2D eigenvalue weighted by Gasteiger charge is 2.28. The summed E-state index contributed by atoms with van der Waals surface area (Å²) in [5, 5.41) is 3.94. The van der Waals surface area contributed by atoms with E-state index >= 15 is 0 Å². The van der Waals surface area contributed by atoms with Crippen LogP contribution in [-0.4, -0.2) is 17.4 Å². The highest BCUT2D eigenvalue weighted by molar-refractivity contribution is 6.07. The number of amides is 1. The molecule has 1 fully saturated rings. The van der Waals surface area contributed by atoms with Gasteiger partial charge in [0.15, 0.2) is 0 Å². The molecule has 1 aliphatic rings. The summed E-state index contributed by atoms with van der Waals surface area (Å²) in [5.74, 6) is 1.37. The molecular formula is C15H19N3O. The molecule has 0 bridgehead atoms. The molecule has 1 amide bonds. The van der Waals surface area contributed by atoms with Gasteiger partial charge in [-0.1, -0.05) is 6.92 Å². The van der Waals surface area contributed by atoms with Crippen LogP contribution in [0.2, 0.25) is 0 Å². The Morgan fingerprint density at radius 1 is 1.53 bits per heavy atom. The predicted octanol–water partition coefficient (Wildman–Crippen LogP) is 2.53. The molecule has 0 radical (unpaired) electrons. The lowest BCUT2D eigenvalue weighted by Crippen LogP contribution is -2.28. The number of carbonyl (C=O) groups is 1. The number of fused-ring (bicyclic) bond motifs is 1. The summed E-state index contributed by atoms with van der Waals surface area (Å²) in [6.45, 7) is 2.96. The maximum Gasteiger partial charge on any atom is 0.253 e. The minimum atomic E-state index is -0.0106. The van der Waals surface area contributed by atoms with Crippen LogP contribution in [-0.2, 0) is 0 Å². The van der Waals surface area contributed by atoms with Crippen molar-refractivity contribution in [2.45, 2.75) is 19.8 Å². The van der Waals surface area contributed by atoms with Gasteiger partial charge in [-0.15, -0.1) is 0 Å². The van der Waals surface area contributed by atoms with Gasteiger partial charge in [-0.2, -0.15) is 0 Å². The van der Waals surface area contributed by atoms with Crippen LogP contribution in [0.15, 0.2) is 24.4 Å². The number of aromatic amines is 1. The number of anilines is 1. The van der Waals surface area contributed by atoms with Gasteiger partial charge in [0.25, 0.3) is 5.91 Å². The standard InChI is InChI=1S/C15H19N3O/c1-9(10-2-3-10)7-18-15(19)13-8-17-14-6-11(16)4-5-12(13)14/h4-6,8-10,17H,2-3,7,16H2,1H3,(H,18,19). The van der Waals surface area contributed by atoms with Crippen LogP contribution in [0, 0.1) is 11.8 Å². The third kappa shape index (κ3) is 2.43. The second-order valence-corrected chi connectivity index (χ2v) is 5.53. The van der Waals surface area contributed by atoms with Crippen LogP contribution >= 0.6 is 0 Å². The van der Waals surface area contributed by atoms with Gasteiger partial charge in [0.1, 0.15) is 0 Å². The molecule has 1 heterocycles. The highest BCUT2D eigenvalue weighted by Crippen LogP contribution is 2.36. The topological polar surface area (TPSA) is 70.9 Å². The summed E-state index contributed by atoms with van der Waals surface area (Å²) >= 11 is 0. The van der Waals surface area contributed by atoms with Crippen molar-refractivity contribution in [3.63, 3.8) is 0 Å². The van der Waals surface area contributed by atoms with E-state index in [9.17, 15) is 4.79 Å². The SMILES string of the molecule is CC(CNC(=O)c1c[nH]c2cc(N)ccc12)C1CC1. The smallest absolute Gasteiger partial charge is 0.253 e. The number of H-pyrrole nitrogens is 1. The Morgan fingerprint density at radius 3 is 3.05 bits per heavy atom. The number of nitrogens with one attached hydrogen (secondary N) is 2. The molecule has 1 unspecified atom stereocenters. The molecule has 4 nitrogen and oxygen atoms in total. The van der Waals surface area contributed by atoms with Gasteiger partial charge in [-0.3, -0.25) is 4.79 Å². The van der Waals surface area contributed by atoms with Crippen LogP contribution in [0.25, 0.3) is 10.9 Å². The van der Waals surface area contributed by atoms with Crippen molar-refractivity contribution in [1.82, 2.24) is 10.3 Å². The Hall–Kier alpha value is -1.97. The molecule has 2 aromatic rings. The van der Waals surface area contributed by atoms with E-state index in [4.69, 9.17) is 5.73 Å². The van der Waals surface area contributed by atoms with E-state index in [0.717, 1.165) is 23.4 Å². The molecular weight excluding hydrogens is 238 g/mol. The summed E-state index contributed by atoms with van der Waals surface area (Å²) in [5.41, 5.74) is 8.02. The predicted molar refractivity (Wildman–Crippen MR) is 76.9 cm³/mol. The molecule has 1 atom stereocenters. The first-order valence-electron chi connectivity index (χ1n) is 6.80. The van der Waals surface area contributed by atoms with Gasteiger partial charge in [0.2, 0.25) is 0 Å². The first kappa shape index (κ1) is 12.1. The molecule has 1 aromatic heterocycles. The molecule has 0 spiro atoms. The second kappa shape index (κ2) is 4.61. The Bertz CT molecular complexity index is 613. The van der Waals surface area contributed by atoms with Crippen molar-refractivity contribution >= 4 is 22.5 Å². The van der Waals surface area contributed by atoms with E-state index in [0.29, 0.717) is 17.2 Å². The van der Waals surface area contributed by atoms with Gasteiger partial charge in [-0.25, -0.2) is 0 Å². The Kier molecular flexibility index (Phi) is 2.93. The molecule has 19 heavy (non-hydrogen) atoms. The minimum Gasteiger partial charge on any atom is -0.399 e. The Balaban J connectivity index is 1.73. The molecule has 100 valence electrons. The molecule has 1 aliphatic carbocycles. The third-order valence-corrected chi connectivity index (χ3v) is 3.96. The summed E-state index contributed by atoms with van der Waals surface area (Å²) in [6.07, 6.45) is 4.37. The molecule has 0 saturated heterocycles. The molecule has 4 heteroatoms. The largest absolute Gasteiger partial charge is 0.399 e. The molecule has 1 saturated carbocycles. The second-order valence-electron chi connectivity index (χ2n) is 5.53. The van der Waals surface area contributed by atoms with Gasteiger partial charge >= 0.3 is 0 Å². The summed E-state index contributed by atoms with van der Waals surface area (Å²) in [6, 6.07) is 5.55. The van der Waals surface area contributed by atoms with Crippen LogP contribution in [0.1, 0.15) is 30.1 Å². The van der Waals surface area contributed by atoms with Crippen molar-refractivity contribution < 1.29 is 4.79 Å². The number of hydrogen-bond donors (Lipinski definition) is 3. The van der Waals surface area contributed by atoms with Crippen molar-refractivity contribution in [3.05, 3.63) is 30.0 Å². The first-order valence-corrected chi connectivity index (χ1v) is 6.80. The average molecular weight is 257 g/mol. The van der Waals surface area contributed by atoms with Crippen LogP contribution < -0.4 is 11.1 Å². The zero-order chi connectivity index (χ0) is 13.4. The maximum absolute atomic E-state index is 12.2. The third-order valence-electron chi connectivity index (χ3n) is 3.96. The zero-order valence-electron chi connectivity index (χ0n) is 11.1. The van der Waals surface area contributed by atoms with E-state index in [-0.39, 0.29) is 5.91 Å². The lowest BCUT2D eigenvalue weighted by molar-refractivity contribution is 0.0948. The zero-order valence-corrected chi connectivity index (χ0v) is 11.1. The fraction of sp³-hybridized carbons (Fsp3) is 0.400. The van der Waals surface area contributed by atoms with Crippen LogP contribution in [0.5, 0.6) is 0 Å². The fourth-order valence-corrected chi connectivity index (χ4v) is 2.51. The summed E-state index contributed by atoms with van der Waals surface area (Å²) in [7, 11) is 0. The van der Waals surface area contributed by atoms with Crippen molar-refractivity contribution in [2.75, 3.05) is 12.3 Å². The molecule has 3 rings (SSSR count). The maximum atomic E-state index is 12.2. The number of nitrogen functional groups attached to an aromatic ring is 1. The van der Waals surface area contributed by atoms with Gasteiger partial charge in [0.05, 0.1) is 5.56 Å². The van der Waals surface area contributed by atoms with Crippen LogP contribution in [0.4, 0.5) is 5.69 Å². The monoisotopic (exact) mass is 257 g/mol. The number of nitrogens with two attached hydrogens (primary N) is 1. The van der Waals surface area contributed by atoms with Crippen molar-refractivity contribution in [2.24, 2.45) is 11.8 Å². The normalized spacial score (nSPS) is 16.5. The number of hydrogen-bond acceptors (Lipinski definition) is 2. The quantitative estimate of drug-likeness (QED) is 0.736. The van der Waals surface area contributed by atoms with E-state index in [1.165, 1.54) is 12.8 Å². The Labute approximate surface area is 112 Å². The molecule has 0 aliphatic heterocycles. The number of carbonyl (C=O) groups excluding carboxylic acids is 1. The lowest BCUT2D eigenvalue weighted by atomic mass is 10.1. The van der Waals surface area contributed by atoms with E-state index in [1.54, 1.807) is 6.20 Å². The first-order chi connectivity index (χ1) is 9.15. The molecule has 1 aromatic carbocycles. The average Bonchev–Trinajstić information content (AvgIpc) is 3.16.